The summed E-state index contributed by atoms with van der Waals surface area (Å²) in [6.07, 6.45) is 8.38. The van der Waals surface area contributed by atoms with Crippen molar-refractivity contribution < 1.29 is 19.4 Å². The summed E-state index contributed by atoms with van der Waals surface area (Å²) in [5.41, 5.74) is 7.13. The van der Waals surface area contributed by atoms with Crippen molar-refractivity contribution in [2.45, 2.75) is 64.0 Å². The number of carbonyl (C=O) groups is 1. The van der Waals surface area contributed by atoms with Crippen molar-refractivity contribution in [3.05, 3.63) is 77.0 Å². The molecule has 3 aromatic rings. The second kappa shape index (κ2) is 11.0. The molecule has 6 nitrogen and oxygen atoms in total. The van der Waals surface area contributed by atoms with Gasteiger partial charge in [-0.25, -0.2) is 4.98 Å². The molecule has 1 aliphatic carbocycles. The van der Waals surface area contributed by atoms with Gasteiger partial charge in [-0.15, -0.1) is 0 Å². The van der Waals surface area contributed by atoms with E-state index in [2.05, 4.69) is 46.3 Å². The molecule has 1 saturated carbocycles. The maximum Gasteiger partial charge on any atom is 0.306 e. The Bertz CT molecular complexity index is 1350. The van der Waals surface area contributed by atoms with Gasteiger partial charge in [-0.2, -0.15) is 0 Å². The Morgan fingerprint density at radius 2 is 1.87 bits per heavy atom. The van der Waals surface area contributed by atoms with Gasteiger partial charge in [0.2, 0.25) is 5.88 Å². The monoisotopic (exact) mass is 526 g/mol. The summed E-state index contributed by atoms with van der Waals surface area (Å²) in [6, 6.07) is 17.2. The molecule has 3 heterocycles. The molecule has 0 amide bonds. The Labute approximate surface area is 231 Å². The molecule has 0 radical (unpaired) electrons. The summed E-state index contributed by atoms with van der Waals surface area (Å²) in [6.45, 7) is 5.03. The van der Waals surface area contributed by atoms with E-state index in [0.29, 0.717) is 11.8 Å². The van der Waals surface area contributed by atoms with Gasteiger partial charge in [-0.1, -0.05) is 31.2 Å². The summed E-state index contributed by atoms with van der Waals surface area (Å²) < 4.78 is 12.1. The number of hydrogen-bond acceptors (Lipinski definition) is 5. The number of benzene rings is 2. The highest BCUT2D eigenvalue weighted by Crippen LogP contribution is 2.48. The zero-order valence-electron chi connectivity index (χ0n) is 22.9. The Balaban J connectivity index is 1.31. The fourth-order valence-electron chi connectivity index (χ4n) is 6.51. The highest BCUT2D eigenvalue weighted by Gasteiger charge is 2.39. The number of aromatic nitrogens is 1. The van der Waals surface area contributed by atoms with Crippen LogP contribution in [0.5, 0.6) is 11.6 Å². The summed E-state index contributed by atoms with van der Waals surface area (Å²) >= 11 is 0. The largest absolute Gasteiger partial charge is 0.485 e. The molecule has 2 unspecified atom stereocenters. The van der Waals surface area contributed by atoms with E-state index in [-0.39, 0.29) is 12.0 Å². The fraction of sp³-hybridized carbons (Fsp3) is 0.455. The molecule has 1 saturated heterocycles. The molecule has 3 atom stereocenters. The van der Waals surface area contributed by atoms with Gasteiger partial charge in [0.1, 0.15) is 11.9 Å². The first-order valence-corrected chi connectivity index (χ1v) is 14.4. The van der Waals surface area contributed by atoms with Crippen LogP contribution < -0.4 is 9.47 Å². The van der Waals surface area contributed by atoms with Crippen LogP contribution in [0.2, 0.25) is 0 Å². The molecule has 0 bridgehead atoms. The minimum absolute atomic E-state index is 0.0253. The standard InChI is InChI=1S/C33H38N2O4/c1-21(33(36)37)32(23-6-7-23)26-8-5-22-10-12-29(39-30(22)18-26)28-11-9-24(25-13-14-34-31(19-25)38-2)17-27(28)20-35-15-3-4-16-35/h5,8-9,11,13-14,17-19,21,23,29,32H,3-4,6-7,10,12,15-16,20H2,1-2H3,(H,36,37)/t21-,29?,32?/m0/s1. The molecule has 1 N–H and O–H groups in total. The Morgan fingerprint density at radius 3 is 2.62 bits per heavy atom. The highest BCUT2D eigenvalue weighted by atomic mass is 16.5. The third kappa shape index (κ3) is 5.53. The summed E-state index contributed by atoms with van der Waals surface area (Å²) in [7, 11) is 1.65. The van der Waals surface area contributed by atoms with E-state index in [1.807, 2.05) is 19.1 Å². The number of carboxylic acid groups (broad SMARTS) is 1. The topological polar surface area (TPSA) is 71.9 Å². The van der Waals surface area contributed by atoms with Crippen molar-refractivity contribution in [3.63, 3.8) is 0 Å². The van der Waals surface area contributed by atoms with E-state index in [9.17, 15) is 9.90 Å². The summed E-state index contributed by atoms with van der Waals surface area (Å²) in [4.78, 5) is 18.7. The lowest BCUT2D eigenvalue weighted by molar-refractivity contribution is -0.142. The average Bonchev–Trinajstić information content (AvgIpc) is 3.66. The van der Waals surface area contributed by atoms with E-state index in [1.54, 1.807) is 13.3 Å². The molecule has 2 aliphatic heterocycles. The van der Waals surface area contributed by atoms with Gasteiger partial charge in [0, 0.05) is 18.8 Å². The van der Waals surface area contributed by atoms with Gasteiger partial charge in [0.15, 0.2) is 0 Å². The van der Waals surface area contributed by atoms with Crippen LogP contribution in [0.3, 0.4) is 0 Å². The van der Waals surface area contributed by atoms with Crippen molar-refractivity contribution in [1.29, 1.82) is 0 Å². The SMILES string of the molecule is COc1cc(-c2ccc(C3CCc4ccc(C(C5CC5)[C@H](C)C(=O)O)cc4O3)c(CN3CCCC3)c2)ccn1. The van der Waals surface area contributed by atoms with E-state index in [4.69, 9.17) is 9.47 Å². The van der Waals surface area contributed by atoms with Crippen molar-refractivity contribution in [3.8, 4) is 22.8 Å². The smallest absolute Gasteiger partial charge is 0.306 e. The Morgan fingerprint density at radius 1 is 1.08 bits per heavy atom. The number of aryl methyl sites for hydroxylation is 1. The van der Waals surface area contributed by atoms with Crippen molar-refractivity contribution in [1.82, 2.24) is 9.88 Å². The van der Waals surface area contributed by atoms with Gasteiger partial charge < -0.3 is 14.6 Å². The van der Waals surface area contributed by atoms with Crippen LogP contribution in [0.4, 0.5) is 0 Å². The average molecular weight is 527 g/mol. The van der Waals surface area contributed by atoms with Gasteiger partial charge in [0.05, 0.1) is 13.0 Å². The van der Waals surface area contributed by atoms with Gasteiger partial charge in [-0.3, -0.25) is 9.69 Å². The van der Waals surface area contributed by atoms with Crippen molar-refractivity contribution >= 4 is 5.97 Å². The van der Waals surface area contributed by atoms with E-state index in [0.717, 1.165) is 67.8 Å². The molecule has 2 fully saturated rings. The summed E-state index contributed by atoms with van der Waals surface area (Å²) in [5.74, 6) is 0.909. The lowest BCUT2D eigenvalue weighted by Crippen LogP contribution is -2.23. The number of fused-ring (bicyclic) bond motifs is 1. The number of methoxy groups -OCH3 is 1. The quantitative estimate of drug-likeness (QED) is 0.337. The molecule has 3 aliphatic rings. The molecule has 1 aromatic heterocycles. The van der Waals surface area contributed by atoms with E-state index >= 15 is 0 Å². The lowest BCUT2D eigenvalue weighted by Gasteiger charge is -2.30. The second-order valence-electron chi connectivity index (χ2n) is 11.5. The third-order valence-electron chi connectivity index (χ3n) is 8.84. The molecule has 204 valence electrons. The predicted molar refractivity (Wildman–Crippen MR) is 151 cm³/mol. The van der Waals surface area contributed by atoms with Crippen LogP contribution in [0.15, 0.2) is 54.7 Å². The first-order chi connectivity index (χ1) is 19.0. The molecule has 6 heteroatoms. The molecular formula is C33H38N2O4. The maximum atomic E-state index is 11.9. The van der Waals surface area contributed by atoms with Crippen LogP contribution >= 0.6 is 0 Å². The highest BCUT2D eigenvalue weighted by molar-refractivity contribution is 5.71. The molecular weight excluding hydrogens is 488 g/mol. The summed E-state index contributed by atoms with van der Waals surface area (Å²) in [5, 5.41) is 9.76. The number of rotatable bonds is 9. The van der Waals surface area contributed by atoms with Gasteiger partial charge >= 0.3 is 5.97 Å². The number of nitrogens with zero attached hydrogens (tertiary/aromatic N) is 2. The molecule has 2 aromatic carbocycles. The zero-order chi connectivity index (χ0) is 26.9. The fourth-order valence-corrected chi connectivity index (χ4v) is 6.51. The lowest BCUT2D eigenvalue weighted by atomic mass is 9.82. The predicted octanol–water partition coefficient (Wildman–Crippen LogP) is 6.63. The maximum absolute atomic E-state index is 11.9. The first kappa shape index (κ1) is 25.9. The molecule has 39 heavy (non-hydrogen) atoms. The van der Waals surface area contributed by atoms with Crippen molar-refractivity contribution in [2.24, 2.45) is 11.8 Å². The normalized spacial score (nSPS) is 20.6. The number of pyridine rings is 1. The zero-order valence-corrected chi connectivity index (χ0v) is 22.9. The minimum atomic E-state index is -0.720. The number of aliphatic carboxylic acids is 1. The minimum Gasteiger partial charge on any atom is -0.485 e. The van der Waals surface area contributed by atoms with Crippen LogP contribution in [0, 0.1) is 11.8 Å². The van der Waals surface area contributed by atoms with Crippen LogP contribution in [0.1, 0.15) is 73.3 Å². The Kier molecular flexibility index (Phi) is 7.30. The molecule has 6 rings (SSSR count). The Hall–Kier alpha value is -3.38. The molecule has 0 spiro atoms. The van der Waals surface area contributed by atoms with Crippen molar-refractivity contribution in [2.75, 3.05) is 20.2 Å². The first-order valence-electron chi connectivity index (χ1n) is 14.4. The van der Waals surface area contributed by atoms with Crippen LogP contribution in [-0.4, -0.2) is 41.2 Å². The number of carboxylic acids is 1. The third-order valence-corrected chi connectivity index (χ3v) is 8.84. The van der Waals surface area contributed by atoms with E-state index < -0.39 is 11.9 Å². The van der Waals surface area contributed by atoms with E-state index in [1.165, 1.54) is 29.5 Å². The van der Waals surface area contributed by atoms with Crippen LogP contribution in [-0.2, 0) is 17.8 Å². The van der Waals surface area contributed by atoms with Crippen LogP contribution in [0.25, 0.3) is 11.1 Å². The number of likely N-dealkylation sites (tertiary alicyclic amines) is 1. The number of hydrogen-bond donors (Lipinski definition) is 1. The second-order valence-corrected chi connectivity index (χ2v) is 11.5. The van der Waals surface area contributed by atoms with Gasteiger partial charge in [0.25, 0.3) is 0 Å². The number of ether oxygens (including phenoxy) is 2. The van der Waals surface area contributed by atoms with Gasteiger partial charge in [-0.05, 0) is 115 Å².